The van der Waals surface area contributed by atoms with Crippen LogP contribution in [0, 0.1) is 10.1 Å². The second kappa shape index (κ2) is 17.3. The molecule has 0 aromatic heterocycles. The third kappa shape index (κ3) is 10.6. The van der Waals surface area contributed by atoms with Crippen molar-refractivity contribution in [1.82, 2.24) is 10.2 Å². The van der Waals surface area contributed by atoms with Gasteiger partial charge in [0.25, 0.3) is 5.09 Å². The fourth-order valence-corrected chi connectivity index (χ4v) is 4.42. The number of nitrogens with zero attached hydrogens (tertiary/aromatic N) is 2. The number of ether oxygens (including phenoxy) is 2. The molecule has 0 unspecified atom stereocenters. The lowest BCUT2D eigenvalue weighted by Gasteiger charge is -2.30. The van der Waals surface area contributed by atoms with E-state index in [-0.39, 0.29) is 32.1 Å². The average Bonchev–Trinajstić information content (AvgIpc) is 3.40. The summed E-state index contributed by atoms with van der Waals surface area (Å²) >= 11 is 0. The third-order valence-corrected chi connectivity index (χ3v) is 6.32. The number of hydrogen-bond acceptors (Lipinski definition) is 10. The SMILES string of the molecule is CCOC(=O)[C@H](CCc1ccccc1)N[C@@H](CCCCN)C(=O)N1CCC[C@H]1C(=O)OCCCO[N+](=O)[O-]. The van der Waals surface area contributed by atoms with Crippen LogP contribution in [-0.4, -0.2) is 78.9 Å². The first-order valence-corrected chi connectivity index (χ1v) is 13.3. The van der Waals surface area contributed by atoms with Crippen LogP contribution in [0.15, 0.2) is 30.3 Å². The molecule has 1 heterocycles. The fourth-order valence-electron chi connectivity index (χ4n) is 4.42. The molecule has 12 heteroatoms. The third-order valence-electron chi connectivity index (χ3n) is 6.32. The first kappa shape index (κ1) is 31.0. The normalized spacial score (nSPS) is 16.5. The van der Waals surface area contributed by atoms with Crippen LogP contribution in [0.1, 0.15) is 57.4 Å². The molecule has 1 saturated heterocycles. The number of likely N-dealkylation sites (tertiary alicyclic amines) is 1. The largest absolute Gasteiger partial charge is 0.465 e. The number of rotatable bonds is 18. The van der Waals surface area contributed by atoms with Crippen LogP contribution >= 0.6 is 0 Å². The Hall–Kier alpha value is -3.25. The molecule has 1 amide bonds. The second-order valence-electron chi connectivity index (χ2n) is 9.10. The predicted molar refractivity (Wildman–Crippen MR) is 138 cm³/mol. The van der Waals surface area contributed by atoms with Gasteiger partial charge in [0.05, 0.1) is 25.9 Å². The topological polar surface area (TPSA) is 163 Å². The Morgan fingerprint density at radius 3 is 2.55 bits per heavy atom. The molecule has 1 aliphatic heterocycles. The Kier molecular flexibility index (Phi) is 14.1. The Morgan fingerprint density at radius 2 is 1.87 bits per heavy atom. The predicted octanol–water partition coefficient (Wildman–Crippen LogP) is 1.77. The Balaban J connectivity index is 2.08. The van der Waals surface area contributed by atoms with Gasteiger partial charge >= 0.3 is 11.9 Å². The number of unbranched alkanes of at least 4 members (excludes halogenated alkanes) is 1. The second-order valence-corrected chi connectivity index (χ2v) is 9.10. The van der Waals surface area contributed by atoms with Crippen molar-refractivity contribution in [2.45, 2.75) is 76.4 Å². The number of carbonyl (C=O) groups excluding carboxylic acids is 3. The molecule has 1 aliphatic rings. The van der Waals surface area contributed by atoms with Crippen molar-refractivity contribution >= 4 is 17.8 Å². The van der Waals surface area contributed by atoms with E-state index in [4.69, 9.17) is 15.2 Å². The minimum atomic E-state index is -0.902. The van der Waals surface area contributed by atoms with Gasteiger partial charge in [-0.3, -0.25) is 14.9 Å². The summed E-state index contributed by atoms with van der Waals surface area (Å²) in [6, 6.07) is 7.61. The number of benzene rings is 1. The minimum absolute atomic E-state index is 0.0478. The first-order chi connectivity index (χ1) is 18.4. The molecule has 0 radical (unpaired) electrons. The van der Waals surface area contributed by atoms with E-state index in [2.05, 4.69) is 10.2 Å². The number of aryl methyl sites for hydroxylation is 1. The van der Waals surface area contributed by atoms with Gasteiger partial charge in [0.2, 0.25) is 5.91 Å². The summed E-state index contributed by atoms with van der Waals surface area (Å²) in [5.41, 5.74) is 6.73. The van der Waals surface area contributed by atoms with Crippen molar-refractivity contribution in [1.29, 1.82) is 0 Å². The van der Waals surface area contributed by atoms with E-state index in [0.29, 0.717) is 51.6 Å². The molecule has 1 fully saturated rings. The van der Waals surface area contributed by atoms with Gasteiger partial charge in [-0.25, -0.2) is 4.79 Å². The molecule has 1 aromatic rings. The molecule has 2 rings (SSSR count). The number of esters is 2. The van der Waals surface area contributed by atoms with Gasteiger partial charge < -0.3 is 24.9 Å². The molecule has 0 spiro atoms. The summed E-state index contributed by atoms with van der Waals surface area (Å²) in [5.74, 6) is -1.25. The van der Waals surface area contributed by atoms with Crippen molar-refractivity contribution in [3.05, 3.63) is 46.0 Å². The fraction of sp³-hybridized carbons (Fsp3) is 0.654. The average molecular weight is 537 g/mol. The zero-order valence-corrected chi connectivity index (χ0v) is 22.0. The molecule has 0 saturated carbocycles. The van der Waals surface area contributed by atoms with Gasteiger partial charge in [0.1, 0.15) is 12.1 Å². The molecule has 3 N–H and O–H groups in total. The molecule has 212 valence electrons. The molecular formula is C26H40N4O8. The van der Waals surface area contributed by atoms with Crippen LogP contribution in [0.25, 0.3) is 0 Å². The van der Waals surface area contributed by atoms with Gasteiger partial charge in [-0.2, -0.15) is 0 Å². The summed E-state index contributed by atoms with van der Waals surface area (Å²) in [7, 11) is 0. The standard InChI is InChI=1S/C26H40N4O8/c1-2-36-25(32)22(15-14-20-10-4-3-5-11-20)28-21(12-6-7-16-27)24(31)29-17-8-13-23(29)26(33)37-18-9-19-38-30(34)35/h3-5,10-11,21-23,28H,2,6-9,12-19,27H2,1H3/t21-,22-,23-/m0/s1. The van der Waals surface area contributed by atoms with Crippen LogP contribution in [0.3, 0.4) is 0 Å². The highest BCUT2D eigenvalue weighted by molar-refractivity contribution is 5.89. The summed E-state index contributed by atoms with van der Waals surface area (Å²) in [6.07, 6.45) is 4.18. The maximum atomic E-state index is 13.7. The quantitative estimate of drug-likeness (QED) is 0.122. The lowest BCUT2D eigenvalue weighted by molar-refractivity contribution is -0.757. The van der Waals surface area contributed by atoms with Crippen LogP contribution in [-0.2, 0) is 35.1 Å². The van der Waals surface area contributed by atoms with Crippen LogP contribution < -0.4 is 11.1 Å². The summed E-state index contributed by atoms with van der Waals surface area (Å²) < 4.78 is 10.5. The van der Waals surface area contributed by atoms with E-state index in [9.17, 15) is 24.5 Å². The van der Waals surface area contributed by atoms with Crippen LogP contribution in [0.5, 0.6) is 0 Å². The van der Waals surface area contributed by atoms with Crippen LogP contribution in [0.2, 0.25) is 0 Å². The number of hydrogen-bond donors (Lipinski definition) is 2. The molecule has 3 atom stereocenters. The first-order valence-electron chi connectivity index (χ1n) is 13.3. The number of nitrogens with one attached hydrogen (secondary N) is 1. The highest BCUT2D eigenvalue weighted by Crippen LogP contribution is 2.21. The van der Waals surface area contributed by atoms with E-state index < -0.39 is 35.2 Å². The van der Waals surface area contributed by atoms with Gasteiger partial charge in [-0.1, -0.05) is 36.8 Å². The molecule has 0 bridgehead atoms. The van der Waals surface area contributed by atoms with Gasteiger partial charge in [0.15, 0.2) is 0 Å². The highest BCUT2D eigenvalue weighted by atomic mass is 16.9. The van der Waals surface area contributed by atoms with E-state index in [0.717, 1.165) is 12.0 Å². The molecule has 0 aliphatic carbocycles. The van der Waals surface area contributed by atoms with Crippen molar-refractivity contribution in [2.24, 2.45) is 5.73 Å². The number of carbonyl (C=O) groups is 3. The van der Waals surface area contributed by atoms with E-state index >= 15 is 0 Å². The lowest BCUT2D eigenvalue weighted by atomic mass is 10.0. The zero-order valence-electron chi connectivity index (χ0n) is 22.0. The zero-order chi connectivity index (χ0) is 27.8. The Bertz CT molecular complexity index is 885. The summed E-state index contributed by atoms with van der Waals surface area (Å²) in [5, 5.41) is 12.6. The van der Waals surface area contributed by atoms with Crippen molar-refractivity contribution in [3.63, 3.8) is 0 Å². The maximum Gasteiger partial charge on any atom is 0.328 e. The van der Waals surface area contributed by atoms with Crippen molar-refractivity contribution in [3.8, 4) is 0 Å². The molecular weight excluding hydrogens is 496 g/mol. The number of nitrogens with two attached hydrogens (primary N) is 1. The number of amides is 1. The van der Waals surface area contributed by atoms with Gasteiger partial charge in [-0.15, -0.1) is 10.1 Å². The maximum absolute atomic E-state index is 13.7. The van der Waals surface area contributed by atoms with E-state index in [1.807, 2.05) is 30.3 Å². The monoisotopic (exact) mass is 536 g/mol. The highest BCUT2D eigenvalue weighted by Gasteiger charge is 2.39. The minimum Gasteiger partial charge on any atom is -0.465 e. The smallest absolute Gasteiger partial charge is 0.328 e. The van der Waals surface area contributed by atoms with Crippen molar-refractivity contribution in [2.75, 3.05) is 32.9 Å². The van der Waals surface area contributed by atoms with E-state index in [1.165, 1.54) is 4.90 Å². The van der Waals surface area contributed by atoms with Crippen molar-refractivity contribution < 1.29 is 33.8 Å². The summed E-state index contributed by atoms with van der Waals surface area (Å²) in [4.78, 5) is 55.2. The molecule has 1 aromatic carbocycles. The van der Waals surface area contributed by atoms with Gasteiger partial charge in [-0.05, 0) is 57.6 Å². The van der Waals surface area contributed by atoms with Gasteiger partial charge in [0, 0.05) is 13.0 Å². The lowest BCUT2D eigenvalue weighted by Crippen LogP contribution is -2.54. The molecule has 38 heavy (non-hydrogen) atoms. The molecule has 12 nitrogen and oxygen atoms in total. The van der Waals surface area contributed by atoms with Crippen LogP contribution in [0.4, 0.5) is 0 Å². The Labute approximate surface area is 223 Å². The summed E-state index contributed by atoms with van der Waals surface area (Å²) in [6.45, 7) is 2.61. The van der Waals surface area contributed by atoms with E-state index in [1.54, 1.807) is 6.92 Å². The Morgan fingerprint density at radius 1 is 1.11 bits per heavy atom.